The van der Waals surface area contributed by atoms with Gasteiger partial charge in [0.2, 0.25) is 0 Å². The third-order valence-corrected chi connectivity index (χ3v) is 0.671. The quantitative estimate of drug-likeness (QED) is 0.159. The highest BCUT2D eigenvalue weighted by molar-refractivity contribution is 4.59. The summed E-state index contributed by atoms with van der Waals surface area (Å²) in [5.74, 6) is -2.11. The molecule has 0 aromatic rings. The number of hydrogen-bond acceptors (Lipinski definition) is 8. The lowest BCUT2D eigenvalue weighted by molar-refractivity contribution is -0.186. The predicted molar refractivity (Wildman–Crippen MR) is 22.4 cm³/mol. The first-order chi connectivity index (χ1) is 4.24. The topological polar surface area (TPSA) is 129 Å². The number of hydroxylamine groups is 4. The SMILES string of the molecule is ONC(NO)(NO)NO. The second kappa shape index (κ2) is 3.66. The number of hydrogen-bond donors (Lipinski definition) is 8. The van der Waals surface area contributed by atoms with Gasteiger partial charge in [0.15, 0.2) is 0 Å². The predicted octanol–water partition coefficient (Wildman–Crippen LogP) is -2.49. The molecule has 8 N–H and O–H groups in total. The zero-order chi connectivity index (χ0) is 7.33. The van der Waals surface area contributed by atoms with Crippen LogP contribution >= 0.6 is 0 Å². The van der Waals surface area contributed by atoms with Crippen LogP contribution in [0.5, 0.6) is 0 Å². The summed E-state index contributed by atoms with van der Waals surface area (Å²) in [6, 6.07) is 0. The van der Waals surface area contributed by atoms with E-state index in [-0.39, 0.29) is 0 Å². The third-order valence-electron chi connectivity index (χ3n) is 0.671. The van der Waals surface area contributed by atoms with Crippen LogP contribution in [0.25, 0.3) is 0 Å². The molecule has 0 saturated carbocycles. The standard InChI is InChI=1S/CH8N4O4/c6-2-1(3-7,4-8)5-9/h2-9H. The molecular formula is CH8N4O4. The Morgan fingerprint density at radius 1 is 0.667 bits per heavy atom. The first-order valence-corrected chi connectivity index (χ1v) is 1.89. The molecule has 0 bridgehead atoms. The van der Waals surface area contributed by atoms with E-state index in [2.05, 4.69) is 0 Å². The molecule has 0 aliphatic rings. The van der Waals surface area contributed by atoms with Gasteiger partial charge in [-0.1, -0.05) is 0 Å². The molecule has 0 radical (unpaired) electrons. The van der Waals surface area contributed by atoms with Crippen molar-refractivity contribution in [1.29, 1.82) is 0 Å². The second-order valence-corrected chi connectivity index (χ2v) is 1.20. The highest BCUT2D eigenvalue weighted by atomic mass is 16.6. The van der Waals surface area contributed by atoms with Crippen molar-refractivity contribution >= 4 is 0 Å². The summed E-state index contributed by atoms with van der Waals surface area (Å²) < 4.78 is 0. The van der Waals surface area contributed by atoms with Crippen LogP contribution < -0.4 is 21.9 Å². The Hall–Kier alpha value is -0.320. The zero-order valence-corrected chi connectivity index (χ0v) is 4.29. The van der Waals surface area contributed by atoms with Gasteiger partial charge >= 0.3 is 0 Å². The van der Waals surface area contributed by atoms with Gasteiger partial charge in [-0.2, -0.15) is 21.9 Å². The van der Waals surface area contributed by atoms with Crippen molar-refractivity contribution in [2.75, 3.05) is 0 Å². The van der Waals surface area contributed by atoms with Gasteiger partial charge in [0.1, 0.15) is 0 Å². The molecule has 9 heavy (non-hydrogen) atoms. The van der Waals surface area contributed by atoms with E-state index in [1.54, 1.807) is 0 Å². The summed E-state index contributed by atoms with van der Waals surface area (Å²) in [6.07, 6.45) is 0. The van der Waals surface area contributed by atoms with E-state index in [4.69, 9.17) is 20.8 Å². The first kappa shape index (κ1) is 8.68. The van der Waals surface area contributed by atoms with E-state index in [9.17, 15) is 0 Å². The lowest BCUT2D eigenvalue weighted by Crippen LogP contribution is -2.71. The molecule has 0 saturated heterocycles. The van der Waals surface area contributed by atoms with Crippen LogP contribution in [0.3, 0.4) is 0 Å². The molecule has 0 fully saturated rings. The Morgan fingerprint density at radius 2 is 0.889 bits per heavy atom. The van der Waals surface area contributed by atoms with E-state index in [0.717, 1.165) is 0 Å². The van der Waals surface area contributed by atoms with Crippen LogP contribution in [0.15, 0.2) is 0 Å². The normalized spacial score (nSPS) is 12.0. The smallest absolute Gasteiger partial charge is 0.268 e. The van der Waals surface area contributed by atoms with Gasteiger partial charge in [0.05, 0.1) is 0 Å². The highest BCUT2D eigenvalue weighted by Gasteiger charge is 2.26. The summed E-state index contributed by atoms with van der Waals surface area (Å²) in [5, 5.41) is 32.2. The van der Waals surface area contributed by atoms with Crippen molar-refractivity contribution in [2.24, 2.45) is 0 Å². The van der Waals surface area contributed by atoms with Crippen molar-refractivity contribution in [3.8, 4) is 0 Å². The summed E-state index contributed by atoms with van der Waals surface area (Å²) in [6.45, 7) is 0. The molecule has 0 aromatic heterocycles. The minimum absolute atomic E-state index is 1.28. The minimum atomic E-state index is -2.11. The van der Waals surface area contributed by atoms with Crippen molar-refractivity contribution in [1.82, 2.24) is 21.9 Å². The average Bonchev–Trinajstić information content (AvgIpc) is 1.95. The molecule has 0 amide bonds. The summed E-state index contributed by atoms with van der Waals surface area (Å²) in [5.41, 5.74) is 5.12. The Balaban J connectivity index is 3.82. The highest BCUT2D eigenvalue weighted by Crippen LogP contribution is 1.79. The van der Waals surface area contributed by atoms with E-state index in [1.165, 1.54) is 21.9 Å². The maximum absolute atomic E-state index is 8.06. The van der Waals surface area contributed by atoms with Gasteiger partial charge in [0.25, 0.3) is 5.91 Å². The van der Waals surface area contributed by atoms with Gasteiger partial charge in [-0.05, 0) is 0 Å². The Bertz CT molecular complexity index is 55.5. The van der Waals surface area contributed by atoms with Crippen molar-refractivity contribution < 1.29 is 20.8 Å². The molecular weight excluding hydrogens is 132 g/mol. The second-order valence-electron chi connectivity index (χ2n) is 1.20. The van der Waals surface area contributed by atoms with E-state index in [1.807, 2.05) is 0 Å². The van der Waals surface area contributed by atoms with E-state index < -0.39 is 5.91 Å². The van der Waals surface area contributed by atoms with Crippen molar-refractivity contribution in [2.45, 2.75) is 5.91 Å². The van der Waals surface area contributed by atoms with Crippen molar-refractivity contribution in [3.05, 3.63) is 0 Å². The molecule has 0 spiro atoms. The summed E-state index contributed by atoms with van der Waals surface area (Å²) in [4.78, 5) is 0. The molecule has 0 aliphatic carbocycles. The molecule has 8 heteroatoms. The fraction of sp³-hybridized carbons (Fsp3) is 1.00. The number of nitrogens with one attached hydrogen (secondary N) is 4. The molecule has 0 aliphatic heterocycles. The van der Waals surface area contributed by atoms with Crippen LogP contribution in [-0.2, 0) is 0 Å². The Labute approximate surface area is 49.9 Å². The van der Waals surface area contributed by atoms with Gasteiger partial charge in [0, 0.05) is 0 Å². The van der Waals surface area contributed by atoms with Crippen LogP contribution in [-0.4, -0.2) is 26.7 Å². The number of rotatable bonds is 4. The largest absolute Gasteiger partial charge is 0.312 e. The molecule has 0 aromatic carbocycles. The summed E-state index contributed by atoms with van der Waals surface area (Å²) in [7, 11) is 0. The lowest BCUT2D eigenvalue weighted by Gasteiger charge is -2.25. The lowest BCUT2D eigenvalue weighted by atomic mass is 10.7. The monoisotopic (exact) mass is 140 g/mol. The zero-order valence-electron chi connectivity index (χ0n) is 4.29. The minimum Gasteiger partial charge on any atom is -0.312 e. The third kappa shape index (κ3) is 1.82. The molecule has 56 valence electrons. The van der Waals surface area contributed by atoms with Gasteiger partial charge in [-0.25, -0.2) is 0 Å². The van der Waals surface area contributed by atoms with Crippen LogP contribution in [0, 0.1) is 0 Å². The fourth-order valence-electron chi connectivity index (χ4n) is 0.150. The Morgan fingerprint density at radius 3 is 0.889 bits per heavy atom. The first-order valence-electron chi connectivity index (χ1n) is 1.89. The van der Waals surface area contributed by atoms with Gasteiger partial charge in [-0.15, -0.1) is 0 Å². The van der Waals surface area contributed by atoms with E-state index >= 15 is 0 Å². The molecule has 0 unspecified atom stereocenters. The van der Waals surface area contributed by atoms with Crippen LogP contribution in [0.2, 0.25) is 0 Å². The molecule has 8 nitrogen and oxygen atoms in total. The van der Waals surface area contributed by atoms with Crippen molar-refractivity contribution in [3.63, 3.8) is 0 Å². The van der Waals surface area contributed by atoms with Gasteiger partial charge < -0.3 is 20.8 Å². The van der Waals surface area contributed by atoms with Crippen LogP contribution in [0.4, 0.5) is 0 Å². The van der Waals surface area contributed by atoms with E-state index in [0.29, 0.717) is 0 Å². The Kier molecular flexibility index (Phi) is 3.53. The summed E-state index contributed by atoms with van der Waals surface area (Å²) >= 11 is 0. The molecule has 0 atom stereocenters. The van der Waals surface area contributed by atoms with Gasteiger partial charge in [-0.3, -0.25) is 0 Å². The van der Waals surface area contributed by atoms with Crippen LogP contribution in [0.1, 0.15) is 0 Å². The maximum atomic E-state index is 8.06. The molecule has 0 rings (SSSR count). The fourth-order valence-corrected chi connectivity index (χ4v) is 0.150. The maximum Gasteiger partial charge on any atom is 0.268 e. The average molecular weight is 140 g/mol. The molecule has 0 heterocycles.